The van der Waals surface area contributed by atoms with E-state index in [0.29, 0.717) is 11.5 Å². The van der Waals surface area contributed by atoms with Gasteiger partial charge in [0.2, 0.25) is 5.91 Å². The summed E-state index contributed by atoms with van der Waals surface area (Å²) in [5.41, 5.74) is 4.85. The van der Waals surface area contributed by atoms with Gasteiger partial charge in [-0.15, -0.1) is 0 Å². The average molecular weight is 244 g/mol. The molecule has 96 valence electrons. The smallest absolute Gasteiger partial charge is 0.246 e. The van der Waals surface area contributed by atoms with Gasteiger partial charge in [-0.25, -0.2) is 0 Å². The van der Waals surface area contributed by atoms with Crippen molar-refractivity contribution in [1.82, 2.24) is 5.32 Å². The van der Waals surface area contributed by atoms with Crippen LogP contribution in [0, 0.1) is 19.3 Å². The fourth-order valence-corrected chi connectivity index (χ4v) is 2.70. The molecule has 0 aromatic heterocycles. The summed E-state index contributed by atoms with van der Waals surface area (Å²) in [6, 6.07) is 4.45. The molecule has 3 rings (SSSR count). The van der Waals surface area contributed by atoms with Crippen LogP contribution in [0.3, 0.4) is 0 Å². The molecular weight excluding hydrogens is 224 g/mol. The molecular formula is C15H20N2O. The SMILES string of the molecule is Cc1ccc2c(c1C)NC(=O)C2NC1CC1(C)C. The topological polar surface area (TPSA) is 41.1 Å². The molecule has 2 unspecified atom stereocenters. The molecule has 2 N–H and O–H groups in total. The Morgan fingerprint density at radius 3 is 2.61 bits per heavy atom. The molecule has 0 bridgehead atoms. The van der Waals surface area contributed by atoms with Gasteiger partial charge in [0.15, 0.2) is 0 Å². The molecule has 2 atom stereocenters. The van der Waals surface area contributed by atoms with E-state index in [1.54, 1.807) is 0 Å². The molecule has 1 fully saturated rings. The maximum atomic E-state index is 12.1. The standard InChI is InChI=1S/C15H20N2O/c1-8-5-6-10-12(9(8)2)17-14(18)13(10)16-11-7-15(11,3)4/h5-6,11,13,16H,7H2,1-4H3,(H,17,18). The Kier molecular flexibility index (Phi) is 2.33. The molecule has 3 heteroatoms. The number of carbonyl (C=O) groups excluding carboxylic acids is 1. The molecule has 0 radical (unpaired) electrons. The molecule has 0 spiro atoms. The summed E-state index contributed by atoms with van der Waals surface area (Å²) in [5, 5.41) is 6.50. The average Bonchev–Trinajstić information content (AvgIpc) is 2.76. The van der Waals surface area contributed by atoms with E-state index in [0.717, 1.165) is 17.7 Å². The predicted molar refractivity (Wildman–Crippen MR) is 72.6 cm³/mol. The van der Waals surface area contributed by atoms with Crippen molar-refractivity contribution >= 4 is 11.6 Å². The number of hydrogen-bond donors (Lipinski definition) is 2. The van der Waals surface area contributed by atoms with Gasteiger partial charge in [-0.1, -0.05) is 26.0 Å². The molecule has 1 aromatic rings. The van der Waals surface area contributed by atoms with E-state index >= 15 is 0 Å². The van der Waals surface area contributed by atoms with Crippen molar-refractivity contribution in [2.24, 2.45) is 5.41 Å². The third-order valence-electron chi connectivity index (χ3n) is 4.47. The minimum absolute atomic E-state index is 0.0846. The third-order valence-corrected chi connectivity index (χ3v) is 4.47. The first-order valence-corrected chi connectivity index (χ1v) is 6.57. The highest BCUT2D eigenvalue weighted by molar-refractivity contribution is 6.03. The van der Waals surface area contributed by atoms with E-state index in [9.17, 15) is 4.79 Å². The number of nitrogens with one attached hydrogen (secondary N) is 2. The number of hydrogen-bond acceptors (Lipinski definition) is 2. The second kappa shape index (κ2) is 3.58. The lowest BCUT2D eigenvalue weighted by Gasteiger charge is -2.13. The van der Waals surface area contributed by atoms with Gasteiger partial charge in [0, 0.05) is 17.3 Å². The van der Waals surface area contributed by atoms with Gasteiger partial charge in [-0.2, -0.15) is 0 Å². The molecule has 1 saturated carbocycles. The van der Waals surface area contributed by atoms with Crippen molar-refractivity contribution in [2.75, 3.05) is 5.32 Å². The highest BCUT2D eigenvalue weighted by Gasteiger charge is 2.48. The second-order valence-corrected chi connectivity index (χ2v) is 6.31. The van der Waals surface area contributed by atoms with Gasteiger partial charge < -0.3 is 5.32 Å². The van der Waals surface area contributed by atoms with Crippen molar-refractivity contribution in [3.05, 3.63) is 28.8 Å². The van der Waals surface area contributed by atoms with Gasteiger partial charge >= 0.3 is 0 Å². The molecule has 3 nitrogen and oxygen atoms in total. The van der Waals surface area contributed by atoms with Crippen LogP contribution in [-0.4, -0.2) is 11.9 Å². The summed E-state index contributed by atoms with van der Waals surface area (Å²) >= 11 is 0. The van der Waals surface area contributed by atoms with Crippen molar-refractivity contribution in [1.29, 1.82) is 0 Å². The zero-order valence-corrected chi connectivity index (χ0v) is 11.4. The third kappa shape index (κ3) is 1.65. The Labute approximate surface area is 108 Å². The zero-order chi connectivity index (χ0) is 13.1. The van der Waals surface area contributed by atoms with Crippen LogP contribution < -0.4 is 10.6 Å². The minimum Gasteiger partial charge on any atom is -0.324 e. The minimum atomic E-state index is -0.175. The van der Waals surface area contributed by atoms with Crippen molar-refractivity contribution in [2.45, 2.75) is 46.2 Å². The zero-order valence-electron chi connectivity index (χ0n) is 11.4. The lowest BCUT2D eigenvalue weighted by molar-refractivity contribution is -0.117. The van der Waals surface area contributed by atoms with Crippen LogP contribution in [0.4, 0.5) is 5.69 Å². The first-order valence-electron chi connectivity index (χ1n) is 6.57. The Morgan fingerprint density at radius 1 is 1.33 bits per heavy atom. The van der Waals surface area contributed by atoms with Crippen molar-refractivity contribution in [3.63, 3.8) is 0 Å². The molecule has 1 aliphatic heterocycles. The summed E-state index contributed by atoms with van der Waals surface area (Å²) in [5.74, 6) is 0.0846. The number of amides is 1. The van der Waals surface area contributed by atoms with Crippen LogP contribution in [0.2, 0.25) is 0 Å². The molecule has 0 saturated heterocycles. The highest BCUT2D eigenvalue weighted by atomic mass is 16.2. The fraction of sp³-hybridized carbons (Fsp3) is 0.533. The van der Waals surface area contributed by atoms with Crippen molar-refractivity contribution < 1.29 is 4.79 Å². The summed E-state index contributed by atoms with van der Waals surface area (Å²) in [6.45, 7) is 8.61. The van der Waals surface area contributed by atoms with Gasteiger partial charge in [-0.3, -0.25) is 10.1 Å². The molecule has 1 heterocycles. The first kappa shape index (κ1) is 11.7. The van der Waals surface area contributed by atoms with Crippen LogP contribution in [0.5, 0.6) is 0 Å². The van der Waals surface area contributed by atoms with Crippen LogP contribution in [-0.2, 0) is 4.79 Å². The summed E-state index contributed by atoms with van der Waals surface area (Å²) in [6.07, 6.45) is 1.15. The monoisotopic (exact) mass is 244 g/mol. The van der Waals surface area contributed by atoms with Gasteiger partial charge in [0.1, 0.15) is 6.04 Å². The number of aryl methyl sites for hydroxylation is 1. The maximum absolute atomic E-state index is 12.1. The van der Waals surface area contributed by atoms with Crippen molar-refractivity contribution in [3.8, 4) is 0 Å². The summed E-state index contributed by atoms with van der Waals surface area (Å²) < 4.78 is 0. The Hall–Kier alpha value is -1.35. The van der Waals surface area contributed by atoms with E-state index in [4.69, 9.17) is 0 Å². The first-order chi connectivity index (χ1) is 8.40. The largest absolute Gasteiger partial charge is 0.324 e. The van der Waals surface area contributed by atoms with E-state index in [1.165, 1.54) is 11.1 Å². The second-order valence-electron chi connectivity index (χ2n) is 6.31. The molecule has 1 aliphatic carbocycles. The summed E-state index contributed by atoms with van der Waals surface area (Å²) in [7, 11) is 0. The molecule has 1 aromatic carbocycles. The molecule has 1 amide bonds. The Balaban J connectivity index is 1.91. The Bertz CT molecular complexity index is 534. The van der Waals surface area contributed by atoms with Gasteiger partial charge in [0.25, 0.3) is 0 Å². The molecule has 2 aliphatic rings. The van der Waals surface area contributed by atoms with Crippen LogP contribution in [0.1, 0.15) is 43.0 Å². The van der Waals surface area contributed by atoms with Crippen LogP contribution >= 0.6 is 0 Å². The number of anilines is 1. The Morgan fingerprint density at radius 2 is 2.00 bits per heavy atom. The molecule has 18 heavy (non-hydrogen) atoms. The number of carbonyl (C=O) groups is 1. The number of rotatable bonds is 2. The fourth-order valence-electron chi connectivity index (χ4n) is 2.70. The van der Waals surface area contributed by atoms with E-state index in [-0.39, 0.29) is 11.9 Å². The maximum Gasteiger partial charge on any atom is 0.246 e. The number of benzene rings is 1. The normalized spacial score (nSPS) is 27.9. The van der Waals surface area contributed by atoms with Crippen LogP contribution in [0.15, 0.2) is 12.1 Å². The van der Waals surface area contributed by atoms with Gasteiger partial charge in [0.05, 0.1) is 0 Å². The highest BCUT2D eigenvalue weighted by Crippen LogP contribution is 2.47. The summed E-state index contributed by atoms with van der Waals surface area (Å²) in [4.78, 5) is 12.1. The van der Waals surface area contributed by atoms with E-state index < -0.39 is 0 Å². The van der Waals surface area contributed by atoms with Gasteiger partial charge in [-0.05, 0) is 36.8 Å². The lowest BCUT2D eigenvalue weighted by atomic mass is 10.0. The van der Waals surface area contributed by atoms with E-state index in [2.05, 4.69) is 50.5 Å². The lowest BCUT2D eigenvalue weighted by Crippen LogP contribution is -2.31. The van der Waals surface area contributed by atoms with Crippen LogP contribution in [0.25, 0.3) is 0 Å². The predicted octanol–water partition coefficient (Wildman–Crippen LogP) is 2.68. The van der Waals surface area contributed by atoms with E-state index in [1.807, 2.05) is 0 Å². The number of fused-ring (bicyclic) bond motifs is 1. The quantitative estimate of drug-likeness (QED) is 0.839.